The molecule has 1 aromatic carbocycles. The second kappa shape index (κ2) is 8.30. The number of hydrogen-bond donors (Lipinski definition) is 0. The van der Waals surface area contributed by atoms with E-state index in [1.165, 1.54) is 0 Å². The molecule has 1 amide bonds. The predicted octanol–water partition coefficient (Wildman–Crippen LogP) is 2.33. The molecule has 1 saturated heterocycles. The molecule has 29 heavy (non-hydrogen) atoms. The van der Waals surface area contributed by atoms with E-state index in [4.69, 9.17) is 4.74 Å². The molecule has 0 atom stereocenters. The summed E-state index contributed by atoms with van der Waals surface area (Å²) in [5, 5.41) is 0. The molecule has 1 aliphatic heterocycles. The van der Waals surface area contributed by atoms with E-state index in [2.05, 4.69) is 19.9 Å². The van der Waals surface area contributed by atoms with Gasteiger partial charge in [0.25, 0.3) is 5.91 Å². The van der Waals surface area contributed by atoms with Crippen molar-refractivity contribution in [3.8, 4) is 11.6 Å². The van der Waals surface area contributed by atoms with Gasteiger partial charge in [-0.25, -0.2) is 15.0 Å². The standard InChI is InChI=1S/C21H24N6O2/c1-3-29-18-6-4-17(5-7-18)21(28)26-12-10-25(11-13-26)19-14-20(24-15-23-19)27-9-8-22-16(27)2/h4-9,14-15H,3,10-13H2,1-2H3. The normalized spacial score (nSPS) is 14.1. The van der Waals surface area contributed by atoms with Crippen molar-refractivity contribution in [3.05, 3.63) is 60.4 Å². The zero-order valence-corrected chi connectivity index (χ0v) is 16.7. The van der Waals surface area contributed by atoms with E-state index in [9.17, 15) is 4.79 Å². The van der Waals surface area contributed by atoms with Crippen LogP contribution in [0.2, 0.25) is 0 Å². The van der Waals surface area contributed by atoms with Gasteiger partial charge in [-0.05, 0) is 38.1 Å². The van der Waals surface area contributed by atoms with E-state index in [1.807, 2.05) is 59.8 Å². The molecule has 4 rings (SSSR count). The fraction of sp³-hybridized carbons (Fsp3) is 0.333. The number of imidazole rings is 1. The number of aromatic nitrogens is 4. The largest absolute Gasteiger partial charge is 0.494 e. The molecule has 0 aliphatic carbocycles. The van der Waals surface area contributed by atoms with E-state index in [1.54, 1.807) is 12.5 Å². The summed E-state index contributed by atoms with van der Waals surface area (Å²) in [6.45, 7) is 7.23. The zero-order valence-electron chi connectivity index (χ0n) is 16.7. The van der Waals surface area contributed by atoms with Gasteiger partial charge in [-0.3, -0.25) is 9.36 Å². The number of anilines is 1. The monoisotopic (exact) mass is 392 g/mol. The van der Waals surface area contributed by atoms with Crippen LogP contribution in [0.15, 0.2) is 49.1 Å². The molecule has 0 bridgehead atoms. The SMILES string of the molecule is CCOc1ccc(C(=O)N2CCN(c3cc(-n4ccnc4C)ncn3)CC2)cc1. The Hall–Kier alpha value is -3.42. The van der Waals surface area contributed by atoms with Crippen molar-refractivity contribution < 1.29 is 9.53 Å². The van der Waals surface area contributed by atoms with Crippen LogP contribution in [0.1, 0.15) is 23.1 Å². The Bertz CT molecular complexity index is 977. The first-order chi connectivity index (χ1) is 14.2. The van der Waals surface area contributed by atoms with Crippen molar-refractivity contribution in [1.82, 2.24) is 24.4 Å². The lowest BCUT2D eigenvalue weighted by atomic mass is 10.1. The van der Waals surface area contributed by atoms with Gasteiger partial charge in [-0.2, -0.15) is 0 Å². The molecule has 2 aromatic heterocycles. The van der Waals surface area contributed by atoms with Crippen LogP contribution in [-0.2, 0) is 0 Å². The van der Waals surface area contributed by atoms with E-state index in [0.717, 1.165) is 36.3 Å². The molecule has 3 heterocycles. The van der Waals surface area contributed by atoms with Crippen LogP contribution in [0.4, 0.5) is 5.82 Å². The molecular formula is C21H24N6O2. The van der Waals surface area contributed by atoms with Gasteiger partial charge >= 0.3 is 0 Å². The smallest absolute Gasteiger partial charge is 0.253 e. The molecule has 0 spiro atoms. The summed E-state index contributed by atoms with van der Waals surface area (Å²) < 4.78 is 7.37. The highest BCUT2D eigenvalue weighted by molar-refractivity contribution is 5.94. The molecule has 0 N–H and O–H groups in total. The second-order valence-corrected chi connectivity index (χ2v) is 6.82. The van der Waals surface area contributed by atoms with Crippen LogP contribution in [0.3, 0.4) is 0 Å². The molecule has 3 aromatic rings. The third kappa shape index (κ3) is 4.06. The summed E-state index contributed by atoms with van der Waals surface area (Å²) in [6, 6.07) is 9.29. The second-order valence-electron chi connectivity index (χ2n) is 6.82. The molecule has 0 radical (unpaired) electrons. The van der Waals surface area contributed by atoms with Crippen molar-refractivity contribution >= 4 is 11.7 Å². The number of nitrogens with zero attached hydrogens (tertiary/aromatic N) is 6. The quantitative estimate of drug-likeness (QED) is 0.663. The topological polar surface area (TPSA) is 76.4 Å². The average Bonchev–Trinajstić information content (AvgIpc) is 3.20. The predicted molar refractivity (Wildman–Crippen MR) is 110 cm³/mol. The molecule has 150 valence electrons. The fourth-order valence-corrected chi connectivity index (χ4v) is 3.44. The highest BCUT2D eigenvalue weighted by Crippen LogP contribution is 2.19. The Morgan fingerprint density at radius 3 is 2.41 bits per heavy atom. The first-order valence-corrected chi connectivity index (χ1v) is 9.75. The first kappa shape index (κ1) is 18.9. The summed E-state index contributed by atoms with van der Waals surface area (Å²) in [6.07, 6.45) is 5.21. The van der Waals surface area contributed by atoms with Gasteiger partial charge in [0, 0.05) is 50.2 Å². The Morgan fingerprint density at radius 1 is 1.03 bits per heavy atom. The Kier molecular flexibility index (Phi) is 5.41. The lowest BCUT2D eigenvalue weighted by Gasteiger charge is -2.35. The minimum Gasteiger partial charge on any atom is -0.494 e. The number of hydrogen-bond acceptors (Lipinski definition) is 6. The molecule has 8 nitrogen and oxygen atoms in total. The number of ether oxygens (including phenoxy) is 1. The Morgan fingerprint density at radius 2 is 1.76 bits per heavy atom. The van der Waals surface area contributed by atoms with Gasteiger partial charge in [0.05, 0.1) is 6.61 Å². The molecule has 8 heteroatoms. The molecule has 1 aliphatic rings. The van der Waals surface area contributed by atoms with Gasteiger partial charge in [0.1, 0.15) is 29.5 Å². The highest BCUT2D eigenvalue weighted by Gasteiger charge is 2.23. The molecule has 1 fully saturated rings. The highest BCUT2D eigenvalue weighted by atomic mass is 16.5. The van der Waals surface area contributed by atoms with Crippen LogP contribution < -0.4 is 9.64 Å². The van der Waals surface area contributed by atoms with E-state index >= 15 is 0 Å². The average molecular weight is 392 g/mol. The summed E-state index contributed by atoms with van der Waals surface area (Å²) in [4.78, 5) is 29.9. The molecule has 0 unspecified atom stereocenters. The third-order valence-corrected chi connectivity index (χ3v) is 5.01. The van der Waals surface area contributed by atoms with Gasteiger partial charge < -0.3 is 14.5 Å². The zero-order chi connectivity index (χ0) is 20.2. The Balaban J connectivity index is 1.40. The number of carbonyl (C=O) groups excluding carboxylic acids is 1. The summed E-state index contributed by atoms with van der Waals surface area (Å²) >= 11 is 0. The number of piperazine rings is 1. The van der Waals surface area contributed by atoms with Gasteiger partial charge in [-0.15, -0.1) is 0 Å². The van der Waals surface area contributed by atoms with Crippen LogP contribution in [0, 0.1) is 6.92 Å². The Labute approximate surface area is 169 Å². The van der Waals surface area contributed by atoms with Crippen molar-refractivity contribution in [2.45, 2.75) is 13.8 Å². The number of amides is 1. The number of aryl methyl sites for hydroxylation is 1. The van der Waals surface area contributed by atoms with Crippen molar-refractivity contribution in [2.75, 3.05) is 37.7 Å². The van der Waals surface area contributed by atoms with Gasteiger partial charge in [0.2, 0.25) is 0 Å². The van der Waals surface area contributed by atoms with E-state index in [0.29, 0.717) is 25.3 Å². The maximum absolute atomic E-state index is 12.8. The van der Waals surface area contributed by atoms with Crippen molar-refractivity contribution in [3.63, 3.8) is 0 Å². The minimum atomic E-state index is 0.0464. The molecular weight excluding hydrogens is 368 g/mol. The number of rotatable bonds is 5. The van der Waals surface area contributed by atoms with Crippen molar-refractivity contribution in [1.29, 1.82) is 0 Å². The maximum atomic E-state index is 12.8. The lowest BCUT2D eigenvalue weighted by molar-refractivity contribution is 0.0746. The summed E-state index contributed by atoms with van der Waals surface area (Å²) in [7, 11) is 0. The fourth-order valence-electron chi connectivity index (χ4n) is 3.44. The minimum absolute atomic E-state index is 0.0464. The van der Waals surface area contributed by atoms with Crippen LogP contribution >= 0.6 is 0 Å². The number of carbonyl (C=O) groups is 1. The van der Waals surface area contributed by atoms with Crippen molar-refractivity contribution in [2.24, 2.45) is 0 Å². The summed E-state index contributed by atoms with van der Waals surface area (Å²) in [5.41, 5.74) is 0.682. The third-order valence-electron chi connectivity index (χ3n) is 5.01. The van der Waals surface area contributed by atoms with Crippen LogP contribution in [-0.4, -0.2) is 63.1 Å². The molecule has 0 saturated carbocycles. The van der Waals surface area contributed by atoms with Crippen LogP contribution in [0.5, 0.6) is 5.75 Å². The van der Waals surface area contributed by atoms with E-state index in [-0.39, 0.29) is 5.91 Å². The maximum Gasteiger partial charge on any atom is 0.253 e. The summed E-state index contributed by atoms with van der Waals surface area (Å²) in [5.74, 6) is 3.35. The first-order valence-electron chi connectivity index (χ1n) is 9.75. The van der Waals surface area contributed by atoms with Crippen LogP contribution in [0.25, 0.3) is 5.82 Å². The van der Waals surface area contributed by atoms with Gasteiger partial charge in [0.15, 0.2) is 0 Å². The van der Waals surface area contributed by atoms with E-state index < -0.39 is 0 Å². The number of benzene rings is 1. The lowest BCUT2D eigenvalue weighted by Crippen LogP contribution is -2.49. The van der Waals surface area contributed by atoms with Gasteiger partial charge in [-0.1, -0.05) is 0 Å².